The number of amides is 2. The van der Waals surface area contributed by atoms with E-state index in [4.69, 9.17) is 11.6 Å². The predicted molar refractivity (Wildman–Crippen MR) is 123 cm³/mol. The van der Waals surface area contributed by atoms with Gasteiger partial charge in [0.15, 0.2) is 0 Å². The Morgan fingerprint density at radius 3 is 2.44 bits per heavy atom. The average Bonchev–Trinajstić information content (AvgIpc) is 2.83. The normalized spacial score (nSPS) is 18.2. The third-order valence-corrected chi connectivity index (χ3v) is 6.10. The summed E-state index contributed by atoms with van der Waals surface area (Å²) >= 11 is 5.99. The maximum Gasteiger partial charge on any atom is 0.254 e. The zero-order valence-electron chi connectivity index (χ0n) is 17.5. The van der Waals surface area contributed by atoms with Crippen LogP contribution < -0.4 is 5.32 Å². The summed E-state index contributed by atoms with van der Waals surface area (Å²) in [6, 6.07) is 22.7. The Balaban J connectivity index is 1.51. The van der Waals surface area contributed by atoms with Crippen LogP contribution in [0.5, 0.6) is 0 Å². The number of benzene rings is 3. The van der Waals surface area contributed by atoms with Crippen molar-refractivity contribution >= 4 is 23.4 Å². The summed E-state index contributed by atoms with van der Waals surface area (Å²) in [4.78, 5) is 28.1. The van der Waals surface area contributed by atoms with Crippen LogP contribution in [0.25, 0.3) is 0 Å². The Morgan fingerprint density at radius 2 is 1.72 bits per heavy atom. The van der Waals surface area contributed by atoms with Crippen LogP contribution in [0, 0.1) is 11.7 Å². The molecule has 0 aliphatic carbocycles. The first kappa shape index (κ1) is 22.0. The van der Waals surface area contributed by atoms with Gasteiger partial charge in [0.05, 0.1) is 12.0 Å². The molecule has 1 heterocycles. The fourth-order valence-electron chi connectivity index (χ4n) is 4.17. The highest BCUT2D eigenvalue weighted by Crippen LogP contribution is 2.34. The summed E-state index contributed by atoms with van der Waals surface area (Å²) in [5.74, 6) is -0.924. The molecule has 0 spiro atoms. The number of hydrogen-bond acceptors (Lipinski definition) is 2. The molecule has 2 atom stereocenters. The van der Waals surface area contributed by atoms with Crippen molar-refractivity contribution in [2.24, 2.45) is 5.92 Å². The van der Waals surface area contributed by atoms with E-state index in [0.717, 1.165) is 5.56 Å². The molecule has 164 valence electrons. The van der Waals surface area contributed by atoms with Crippen LogP contribution in [0.4, 0.5) is 4.39 Å². The van der Waals surface area contributed by atoms with E-state index in [1.54, 1.807) is 41.3 Å². The molecule has 1 N–H and O–H groups in total. The molecule has 4 rings (SSSR count). The summed E-state index contributed by atoms with van der Waals surface area (Å²) in [6.07, 6.45) is 1.35. The third kappa shape index (κ3) is 5.17. The molecule has 0 bridgehead atoms. The fraction of sp³-hybridized carbons (Fsp3) is 0.231. The van der Waals surface area contributed by atoms with Crippen molar-refractivity contribution < 1.29 is 14.0 Å². The quantitative estimate of drug-likeness (QED) is 0.566. The summed E-state index contributed by atoms with van der Waals surface area (Å²) in [7, 11) is 0. The molecular formula is C26H24ClFN2O2. The van der Waals surface area contributed by atoms with E-state index >= 15 is 0 Å². The minimum atomic E-state index is -0.334. The maximum absolute atomic E-state index is 13.4. The van der Waals surface area contributed by atoms with Crippen LogP contribution in [-0.4, -0.2) is 23.3 Å². The smallest absolute Gasteiger partial charge is 0.254 e. The lowest BCUT2D eigenvalue weighted by molar-refractivity contribution is -0.127. The molecule has 1 fully saturated rings. The first-order valence-electron chi connectivity index (χ1n) is 10.6. The van der Waals surface area contributed by atoms with Crippen molar-refractivity contribution in [1.82, 2.24) is 10.2 Å². The van der Waals surface area contributed by atoms with Crippen molar-refractivity contribution in [2.75, 3.05) is 6.54 Å². The number of carbonyl (C=O) groups excluding carboxylic acids is 2. The van der Waals surface area contributed by atoms with Gasteiger partial charge in [0, 0.05) is 23.7 Å². The van der Waals surface area contributed by atoms with Gasteiger partial charge in [-0.15, -0.1) is 0 Å². The van der Waals surface area contributed by atoms with E-state index in [1.165, 1.54) is 12.1 Å². The minimum Gasteiger partial charge on any atom is -0.352 e. The minimum absolute atomic E-state index is 0.105. The average molecular weight is 451 g/mol. The second kappa shape index (κ2) is 9.96. The van der Waals surface area contributed by atoms with Gasteiger partial charge in [0.2, 0.25) is 5.91 Å². The lowest BCUT2D eigenvalue weighted by atomic mass is 9.87. The molecule has 1 saturated heterocycles. The van der Waals surface area contributed by atoms with E-state index in [0.29, 0.717) is 35.5 Å². The van der Waals surface area contributed by atoms with Crippen LogP contribution in [0.1, 0.15) is 40.4 Å². The van der Waals surface area contributed by atoms with E-state index in [9.17, 15) is 14.0 Å². The van der Waals surface area contributed by atoms with Crippen LogP contribution in [0.2, 0.25) is 5.02 Å². The van der Waals surface area contributed by atoms with Crippen LogP contribution in [0.3, 0.4) is 0 Å². The molecule has 3 aromatic rings. The number of piperidine rings is 1. The molecule has 6 heteroatoms. The molecule has 32 heavy (non-hydrogen) atoms. The first-order chi connectivity index (χ1) is 15.5. The van der Waals surface area contributed by atoms with E-state index in [1.807, 2.05) is 30.3 Å². The predicted octanol–water partition coefficient (Wildman–Crippen LogP) is 5.39. The molecule has 3 aromatic carbocycles. The van der Waals surface area contributed by atoms with Gasteiger partial charge >= 0.3 is 0 Å². The second-order valence-electron chi connectivity index (χ2n) is 8.01. The summed E-state index contributed by atoms with van der Waals surface area (Å²) in [5.41, 5.74) is 2.29. The van der Waals surface area contributed by atoms with E-state index < -0.39 is 0 Å². The number of rotatable bonds is 5. The highest BCUT2D eigenvalue weighted by atomic mass is 35.5. The molecule has 1 aliphatic heterocycles. The van der Waals surface area contributed by atoms with E-state index in [-0.39, 0.29) is 36.1 Å². The largest absolute Gasteiger partial charge is 0.352 e. The van der Waals surface area contributed by atoms with Crippen LogP contribution in [0.15, 0.2) is 78.9 Å². The van der Waals surface area contributed by atoms with Crippen molar-refractivity contribution in [3.05, 3.63) is 106 Å². The number of halogens is 2. The van der Waals surface area contributed by atoms with Gasteiger partial charge in [-0.2, -0.15) is 0 Å². The molecular weight excluding hydrogens is 427 g/mol. The maximum atomic E-state index is 13.4. The van der Waals surface area contributed by atoms with Gasteiger partial charge in [-0.1, -0.05) is 54.1 Å². The lowest BCUT2D eigenvalue weighted by Crippen LogP contribution is -2.46. The Hall–Kier alpha value is -3.18. The lowest BCUT2D eigenvalue weighted by Gasteiger charge is -2.39. The van der Waals surface area contributed by atoms with Gasteiger partial charge in [0.25, 0.3) is 5.91 Å². The molecule has 1 aliphatic rings. The zero-order chi connectivity index (χ0) is 22.5. The SMILES string of the molecule is O=C(NCc1cccc(F)c1)C1CCC(c2ccccc2)N(C(=O)c2ccc(Cl)cc2)C1. The van der Waals surface area contributed by atoms with E-state index in [2.05, 4.69) is 5.32 Å². The molecule has 0 aromatic heterocycles. The van der Waals surface area contributed by atoms with Gasteiger partial charge in [-0.3, -0.25) is 9.59 Å². The summed E-state index contributed by atoms with van der Waals surface area (Å²) in [5, 5.41) is 3.46. The Labute approximate surface area is 192 Å². The fourth-order valence-corrected chi connectivity index (χ4v) is 4.30. The van der Waals surface area contributed by atoms with Gasteiger partial charge in [-0.25, -0.2) is 4.39 Å². The highest BCUT2D eigenvalue weighted by Gasteiger charge is 2.35. The molecule has 2 amide bonds. The zero-order valence-corrected chi connectivity index (χ0v) is 18.3. The van der Waals surface area contributed by atoms with Crippen LogP contribution >= 0.6 is 11.6 Å². The Bertz CT molecular complexity index is 1090. The van der Waals surface area contributed by atoms with Crippen molar-refractivity contribution in [3.63, 3.8) is 0 Å². The molecule has 4 nitrogen and oxygen atoms in total. The van der Waals surface area contributed by atoms with Crippen molar-refractivity contribution in [3.8, 4) is 0 Å². The number of hydrogen-bond donors (Lipinski definition) is 1. The topological polar surface area (TPSA) is 49.4 Å². The summed E-state index contributed by atoms with van der Waals surface area (Å²) < 4.78 is 13.4. The van der Waals surface area contributed by atoms with Crippen molar-refractivity contribution in [2.45, 2.75) is 25.4 Å². The summed E-state index contributed by atoms with van der Waals surface area (Å²) in [6.45, 7) is 0.566. The standard InChI is InChI=1S/C26H24ClFN2O2/c27-22-12-9-20(10-13-22)26(32)30-17-21(11-14-24(30)19-6-2-1-3-7-19)25(31)29-16-18-5-4-8-23(28)15-18/h1-10,12-13,15,21,24H,11,14,16-17H2,(H,29,31). The molecule has 0 saturated carbocycles. The van der Waals surface area contributed by atoms with Crippen molar-refractivity contribution in [1.29, 1.82) is 0 Å². The third-order valence-electron chi connectivity index (χ3n) is 5.84. The van der Waals surface area contributed by atoms with Gasteiger partial charge in [0.1, 0.15) is 5.82 Å². The van der Waals surface area contributed by atoms with Crippen LogP contribution in [-0.2, 0) is 11.3 Å². The Morgan fingerprint density at radius 1 is 0.969 bits per heavy atom. The highest BCUT2D eigenvalue weighted by molar-refractivity contribution is 6.30. The first-order valence-corrected chi connectivity index (χ1v) is 11.0. The monoisotopic (exact) mass is 450 g/mol. The Kier molecular flexibility index (Phi) is 6.86. The number of nitrogens with zero attached hydrogens (tertiary/aromatic N) is 1. The van der Waals surface area contributed by atoms with Gasteiger partial charge in [-0.05, 0) is 60.4 Å². The molecule has 2 unspecified atom stereocenters. The molecule has 0 radical (unpaired) electrons. The number of likely N-dealkylation sites (tertiary alicyclic amines) is 1. The number of carbonyl (C=O) groups is 2. The number of nitrogens with one attached hydrogen (secondary N) is 1. The van der Waals surface area contributed by atoms with Gasteiger partial charge < -0.3 is 10.2 Å². The second-order valence-corrected chi connectivity index (χ2v) is 8.45.